The molecule has 0 fully saturated rings. The van der Waals surface area contributed by atoms with Crippen molar-refractivity contribution in [3.63, 3.8) is 0 Å². The number of amides is 1. The Bertz CT molecular complexity index is 984. The molecule has 3 heterocycles. The molecule has 0 saturated heterocycles. The molecule has 0 aliphatic rings. The van der Waals surface area contributed by atoms with Gasteiger partial charge in [-0.25, -0.2) is 9.97 Å². The lowest BCUT2D eigenvalue weighted by Crippen LogP contribution is -2.38. The van der Waals surface area contributed by atoms with Crippen molar-refractivity contribution in [2.45, 2.75) is 47.1 Å². The highest BCUT2D eigenvalue weighted by Gasteiger charge is 2.22. The fourth-order valence-corrected chi connectivity index (χ4v) is 3.28. The summed E-state index contributed by atoms with van der Waals surface area (Å²) in [5.74, 6) is 0.304. The van der Waals surface area contributed by atoms with Crippen LogP contribution in [0.25, 0.3) is 22.2 Å². The minimum atomic E-state index is -0.561. The molecule has 142 valence electrons. The number of carbonyl (C=O) groups is 1. The second-order valence-electron chi connectivity index (χ2n) is 8.26. The first-order valence-electron chi connectivity index (χ1n) is 9.13. The van der Waals surface area contributed by atoms with Gasteiger partial charge in [0.2, 0.25) is 5.91 Å². The molecule has 0 aliphatic heterocycles. The van der Waals surface area contributed by atoms with Gasteiger partial charge in [0.05, 0.1) is 6.04 Å². The molecule has 0 aliphatic carbocycles. The molecule has 4 N–H and O–H groups in total. The maximum Gasteiger partial charge on any atom is 0.242 e. The van der Waals surface area contributed by atoms with E-state index < -0.39 is 6.04 Å². The highest BCUT2D eigenvalue weighted by molar-refractivity contribution is 5.96. The van der Waals surface area contributed by atoms with Crippen LogP contribution in [0.3, 0.4) is 0 Å². The number of hydrogen-bond acceptors (Lipinski definition) is 4. The highest BCUT2D eigenvalue weighted by atomic mass is 16.2. The van der Waals surface area contributed by atoms with E-state index in [1.54, 1.807) is 6.20 Å². The van der Waals surface area contributed by atoms with E-state index in [0.717, 1.165) is 33.5 Å². The molecule has 3 aromatic rings. The van der Waals surface area contributed by atoms with E-state index >= 15 is 0 Å². The van der Waals surface area contributed by atoms with E-state index in [2.05, 4.69) is 47.1 Å². The Kier molecular flexibility index (Phi) is 5.02. The first-order valence-corrected chi connectivity index (χ1v) is 9.13. The quantitative estimate of drug-likeness (QED) is 0.652. The minimum absolute atomic E-state index is 0.00857. The van der Waals surface area contributed by atoms with Gasteiger partial charge in [0.25, 0.3) is 0 Å². The fraction of sp³-hybridized carbons (Fsp3) is 0.381. The number of anilines is 1. The largest absolute Gasteiger partial charge is 0.344 e. The summed E-state index contributed by atoms with van der Waals surface area (Å²) >= 11 is 0. The maximum atomic E-state index is 12.3. The summed E-state index contributed by atoms with van der Waals surface area (Å²) < 4.78 is 0. The summed E-state index contributed by atoms with van der Waals surface area (Å²) in [6.45, 7) is 10.1. The zero-order chi connectivity index (χ0) is 19.8. The summed E-state index contributed by atoms with van der Waals surface area (Å²) in [6, 6.07) is 7.30. The first kappa shape index (κ1) is 19.0. The molecule has 0 aromatic carbocycles. The number of nitrogens with two attached hydrogens (primary N) is 1. The fourth-order valence-electron chi connectivity index (χ4n) is 3.28. The average Bonchev–Trinajstić information content (AvgIpc) is 2.93. The van der Waals surface area contributed by atoms with Crippen molar-refractivity contribution in [2.75, 3.05) is 5.32 Å². The number of nitrogens with one attached hydrogen (secondary N) is 2. The lowest BCUT2D eigenvalue weighted by molar-refractivity contribution is -0.118. The number of fused-ring (bicyclic) bond motifs is 1. The summed E-state index contributed by atoms with van der Waals surface area (Å²) in [5.41, 5.74) is 10.9. The van der Waals surface area contributed by atoms with E-state index in [9.17, 15) is 4.79 Å². The van der Waals surface area contributed by atoms with Gasteiger partial charge in [-0.15, -0.1) is 0 Å². The standard InChI is InChI=1S/C21H27N5O/c1-12-10-16-15(8-9-23-19(16)24-12)14-6-7-18(25-13(14)2)26-20(27)17(22)11-21(3,4)5/h6-10,17H,11,22H2,1-5H3,(H,23,24)(H,25,26,27)/t17-/m1/s1. The van der Waals surface area contributed by atoms with Crippen LogP contribution in [0.5, 0.6) is 0 Å². The summed E-state index contributed by atoms with van der Waals surface area (Å²) in [7, 11) is 0. The number of aromatic amines is 1. The second kappa shape index (κ2) is 7.12. The van der Waals surface area contributed by atoms with Crippen molar-refractivity contribution in [1.82, 2.24) is 15.0 Å². The molecule has 0 saturated carbocycles. The van der Waals surface area contributed by atoms with Crippen molar-refractivity contribution in [3.05, 3.63) is 41.9 Å². The van der Waals surface area contributed by atoms with E-state index in [0.29, 0.717) is 12.2 Å². The predicted molar refractivity (Wildman–Crippen MR) is 109 cm³/mol. The highest BCUT2D eigenvalue weighted by Crippen LogP contribution is 2.30. The van der Waals surface area contributed by atoms with Gasteiger partial charge in [0, 0.05) is 28.5 Å². The van der Waals surface area contributed by atoms with Gasteiger partial charge >= 0.3 is 0 Å². The van der Waals surface area contributed by atoms with Crippen LogP contribution in [0.4, 0.5) is 5.82 Å². The lowest BCUT2D eigenvalue weighted by atomic mass is 9.88. The zero-order valence-electron chi connectivity index (χ0n) is 16.6. The van der Waals surface area contributed by atoms with Crippen LogP contribution in [0.2, 0.25) is 0 Å². The van der Waals surface area contributed by atoms with Crippen LogP contribution in [-0.4, -0.2) is 26.9 Å². The summed E-state index contributed by atoms with van der Waals surface area (Å²) in [6.07, 6.45) is 2.39. The van der Waals surface area contributed by atoms with E-state index in [1.165, 1.54) is 0 Å². The van der Waals surface area contributed by atoms with Crippen LogP contribution >= 0.6 is 0 Å². The Labute approximate surface area is 159 Å². The van der Waals surface area contributed by atoms with Gasteiger partial charge in [0.15, 0.2) is 0 Å². The van der Waals surface area contributed by atoms with Gasteiger partial charge < -0.3 is 16.0 Å². The first-order chi connectivity index (χ1) is 12.6. The molecular weight excluding hydrogens is 338 g/mol. The maximum absolute atomic E-state index is 12.3. The third kappa shape index (κ3) is 4.34. The van der Waals surface area contributed by atoms with Crippen molar-refractivity contribution in [1.29, 1.82) is 0 Å². The number of rotatable bonds is 4. The third-order valence-corrected chi connectivity index (χ3v) is 4.46. The van der Waals surface area contributed by atoms with Crippen LogP contribution in [0.15, 0.2) is 30.5 Å². The van der Waals surface area contributed by atoms with Gasteiger partial charge in [-0.3, -0.25) is 4.79 Å². The van der Waals surface area contributed by atoms with E-state index in [4.69, 9.17) is 5.73 Å². The number of nitrogens with zero attached hydrogens (tertiary/aromatic N) is 2. The van der Waals surface area contributed by atoms with Gasteiger partial charge in [-0.1, -0.05) is 20.8 Å². The summed E-state index contributed by atoms with van der Waals surface area (Å²) in [4.78, 5) is 24.5. The molecule has 0 radical (unpaired) electrons. The van der Waals surface area contributed by atoms with Crippen LogP contribution in [0, 0.1) is 19.3 Å². The van der Waals surface area contributed by atoms with Crippen molar-refractivity contribution in [2.24, 2.45) is 11.1 Å². The molecule has 0 spiro atoms. The SMILES string of the molecule is Cc1cc2c(-c3ccc(NC(=O)[C@H](N)CC(C)(C)C)nc3C)ccnc2[nH]1. The molecule has 27 heavy (non-hydrogen) atoms. The Morgan fingerprint density at radius 1 is 1.22 bits per heavy atom. The third-order valence-electron chi connectivity index (χ3n) is 4.46. The smallest absolute Gasteiger partial charge is 0.242 e. The predicted octanol–water partition coefficient (Wildman–Crippen LogP) is 3.94. The van der Waals surface area contributed by atoms with Crippen molar-refractivity contribution in [3.8, 4) is 11.1 Å². The Balaban J connectivity index is 1.85. The molecule has 1 amide bonds. The molecular formula is C21H27N5O. The van der Waals surface area contributed by atoms with Gasteiger partial charge in [-0.2, -0.15) is 0 Å². The normalized spacial score (nSPS) is 13.0. The molecule has 0 bridgehead atoms. The number of aromatic nitrogens is 3. The Hall–Kier alpha value is -2.73. The van der Waals surface area contributed by atoms with Crippen LogP contribution in [-0.2, 0) is 4.79 Å². The number of pyridine rings is 2. The minimum Gasteiger partial charge on any atom is -0.344 e. The van der Waals surface area contributed by atoms with Crippen molar-refractivity contribution >= 4 is 22.8 Å². The Morgan fingerprint density at radius 2 is 1.96 bits per heavy atom. The molecule has 1 atom stereocenters. The molecule has 3 aromatic heterocycles. The number of H-pyrrole nitrogens is 1. The molecule has 0 unspecified atom stereocenters. The lowest BCUT2D eigenvalue weighted by Gasteiger charge is -2.22. The number of hydrogen-bond donors (Lipinski definition) is 3. The number of aryl methyl sites for hydroxylation is 2. The van der Waals surface area contributed by atoms with E-state index in [1.807, 2.05) is 32.0 Å². The van der Waals surface area contributed by atoms with Gasteiger partial charge in [0.1, 0.15) is 11.5 Å². The van der Waals surface area contributed by atoms with Crippen LogP contribution < -0.4 is 11.1 Å². The molecule has 6 heteroatoms. The molecule has 6 nitrogen and oxygen atoms in total. The zero-order valence-corrected chi connectivity index (χ0v) is 16.6. The second-order valence-corrected chi connectivity index (χ2v) is 8.26. The van der Waals surface area contributed by atoms with Gasteiger partial charge in [-0.05, 0) is 55.5 Å². The Morgan fingerprint density at radius 3 is 2.63 bits per heavy atom. The average molecular weight is 365 g/mol. The topological polar surface area (TPSA) is 96.7 Å². The van der Waals surface area contributed by atoms with Crippen molar-refractivity contribution < 1.29 is 4.79 Å². The van der Waals surface area contributed by atoms with E-state index in [-0.39, 0.29) is 11.3 Å². The molecule has 3 rings (SSSR count). The monoisotopic (exact) mass is 365 g/mol. The van der Waals surface area contributed by atoms with Crippen LogP contribution in [0.1, 0.15) is 38.6 Å². The number of carbonyl (C=O) groups excluding carboxylic acids is 1. The summed E-state index contributed by atoms with van der Waals surface area (Å²) in [5, 5.41) is 3.89.